The molecule has 1 aliphatic carbocycles. The van der Waals surface area contributed by atoms with Gasteiger partial charge in [-0.25, -0.2) is 5.01 Å². The van der Waals surface area contributed by atoms with Crippen LogP contribution in [0.3, 0.4) is 0 Å². The Labute approximate surface area is 283 Å². The highest BCUT2D eigenvalue weighted by Gasteiger charge is 2.33. The van der Waals surface area contributed by atoms with Gasteiger partial charge in [0.15, 0.2) is 0 Å². The molecule has 4 atom stereocenters. The molecule has 246 valence electrons. The van der Waals surface area contributed by atoms with Gasteiger partial charge in [-0.1, -0.05) is 106 Å². The van der Waals surface area contributed by atoms with Gasteiger partial charge in [0.05, 0.1) is 17.6 Å². The number of allylic oxidation sites excluding steroid dienone is 5. The molecular weight excluding hydrogens is 576 g/mol. The molecule has 1 aliphatic rings. The molecule has 1 aromatic heterocycles. The highest BCUT2D eigenvalue weighted by Crippen LogP contribution is 2.39. The smallest absolute Gasteiger partial charge is 0.109 e. The number of hydrogen-bond acceptors (Lipinski definition) is 6. The molecule has 0 aliphatic heterocycles. The summed E-state index contributed by atoms with van der Waals surface area (Å²) in [5.74, 6) is 1.03. The van der Waals surface area contributed by atoms with Crippen LogP contribution < -0.4 is 5.32 Å². The summed E-state index contributed by atoms with van der Waals surface area (Å²) in [5.41, 5.74) is 6.24. The number of pyridine rings is 1. The van der Waals surface area contributed by atoms with Crippen LogP contribution in [0.1, 0.15) is 58.6 Å². The van der Waals surface area contributed by atoms with E-state index in [-0.39, 0.29) is 23.4 Å². The predicted octanol–water partition coefficient (Wildman–Crippen LogP) is 8.76. The van der Waals surface area contributed by atoms with Crippen molar-refractivity contribution in [2.45, 2.75) is 72.6 Å². The molecule has 0 amide bonds. The van der Waals surface area contributed by atoms with Gasteiger partial charge in [0.1, 0.15) is 5.82 Å². The van der Waals surface area contributed by atoms with E-state index in [1.165, 1.54) is 11.1 Å². The van der Waals surface area contributed by atoms with Gasteiger partial charge in [-0.3, -0.25) is 9.99 Å². The Morgan fingerprint density at radius 1 is 1.02 bits per heavy atom. The number of hydrogen-bond donors (Lipinski definition) is 1. The van der Waals surface area contributed by atoms with Crippen LogP contribution in [0.25, 0.3) is 10.9 Å². The summed E-state index contributed by atoms with van der Waals surface area (Å²) in [6.45, 7) is 26.7. The molecule has 0 spiro atoms. The molecule has 0 bridgehead atoms. The second kappa shape index (κ2) is 15.8. The van der Waals surface area contributed by atoms with Gasteiger partial charge in [0, 0.05) is 55.6 Å². The third-order valence-electron chi connectivity index (χ3n) is 9.41. The van der Waals surface area contributed by atoms with Crippen LogP contribution in [0.5, 0.6) is 0 Å². The van der Waals surface area contributed by atoms with Crippen molar-refractivity contribution >= 4 is 10.9 Å². The van der Waals surface area contributed by atoms with Gasteiger partial charge < -0.3 is 10.2 Å². The summed E-state index contributed by atoms with van der Waals surface area (Å²) in [4.78, 5) is 7.26. The summed E-state index contributed by atoms with van der Waals surface area (Å²) < 4.78 is 0. The van der Waals surface area contributed by atoms with Crippen molar-refractivity contribution in [3.05, 3.63) is 139 Å². The number of para-hydroxylation sites is 1. The van der Waals surface area contributed by atoms with Crippen molar-refractivity contribution in [3.63, 3.8) is 0 Å². The number of aromatic nitrogens is 1. The predicted molar refractivity (Wildman–Crippen MR) is 196 cm³/mol. The number of nitriles is 1. The van der Waals surface area contributed by atoms with Crippen LogP contribution in [-0.2, 0) is 13.1 Å². The number of fused-ring (bicyclic) bond motifs is 1. The number of likely N-dealkylation sites (N-methyl/N-ethyl adjacent to an activating group) is 1. The first kappa shape index (κ1) is 35.3. The number of nitrogens with zero attached hydrogens (tertiary/aromatic N) is 5. The van der Waals surface area contributed by atoms with Crippen molar-refractivity contribution in [3.8, 4) is 6.07 Å². The Morgan fingerprint density at radius 2 is 1.74 bits per heavy atom. The molecule has 1 N–H and O–H groups in total. The van der Waals surface area contributed by atoms with Crippen molar-refractivity contribution in [2.24, 2.45) is 11.3 Å². The first-order valence-corrected chi connectivity index (χ1v) is 16.6. The normalized spacial score (nSPS) is 17.7. The van der Waals surface area contributed by atoms with Gasteiger partial charge in [0.2, 0.25) is 0 Å². The average molecular weight is 629 g/mol. The molecule has 47 heavy (non-hydrogen) atoms. The zero-order valence-corrected chi connectivity index (χ0v) is 29.2. The van der Waals surface area contributed by atoms with E-state index >= 15 is 0 Å². The molecule has 0 radical (unpaired) electrons. The van der Waals surface area contributed by atoms with E-state index in [4.69, 9.17) is 11.6 Å². The highest BCUT2D eigenvalue weighted by atomic mass is 15.7. The van der Waals surface area contributed by atoms with E-state index in [0.717, 1.165) is 46.4 Å². The zero-order chi connectivity index (χ0) is 34.1. The average Bonchev–Trinajstić information content (AvgIpc) is 3.06. The number of rotatable bonds is 16. The third-order valence-corrected chi connectivity index (χ3v) is 9.41. The van der Waals surface area contributed by atoms with E-state index in [9.17, 15) is 5.26 Å². The number of hydrazine groups is 1. The van der Waals surface area contributed by atoms with Crippen molar-refractivity contribution in [1.29, 1.82) is 5.26 Å². The van der Waals surface area contributed by atoms with Gasteiger partial charge in [0.25, 0.3) is 0 Å². The summed E-state index contributed by atoms with van der Waals surface area (Å²) in [6.07, 6.45) is 9.87. The van der Waals surface area contributed by atoms with Gasteiger partial charge in [-0.2, -0.15) is 5.26 Å². The lowest BCUT2D eigenvalue weighted by molar-refractivity contribution is -0.0272. The molecule has 4 rings (SSSR count). The van der Waals surface area contributed by atoms with E-state index in [1.54, 1.807) is 0 Å². The maximum atomic E-state index is 9.38. The van der Waals surface area contributed by atoms with Gasteiger partial charge in [-0.05, 0) is 68.2 Å². The Hall–Kier alpha value is -4.60. The molecule has 0 saturated carbocycles. The lowest BCUT2D eigenvalue weighted by Gasteiger charge is -2.47. The molecular formula is C41H52N6. The zero-order valence-electron chi connectivity index (χ0n) is 29.2. The van der Waals surface area contributed by atoms with Crippen LogP contribution in [0.4, 0.5) is 0 Å². The maximum absolute atomic E-state index is 9.38. The lowest BCUT2D eigenvalue weighted by Crippen LogP contribution is -2.55. The van der Waals surface area contributed by atoms with Crippen LogP contribution in [0.2, 0.25) is 0 Å². The van der Waals surface area contributed by atoms with Crippen molar-refractivity contribution in [2.75, 3.05) is 13.6 Å². The Morgan fingerprint density at radius 3 is 2.40 bits per heavy atom. The lowest BCUT2D eigenvalue weighted by atomic mass is 9.75. The fourth-order valence-electron chi connectivity index (χ4n) is 6.67. The number of benzene rings is 2. The molecule has 1 heterocycles. The molecule has 6 nitrogen and oxygen atoms in total. The summed E-state index contributed by atoms with van der Waals surface area (Å²) >= 11 is 0. The topological polar surface area (TPSA) is 58.4 Å². The van der Waals surface area contributed by atoms with E-state index in [2.05, 4.69) is 142 Å². The summed E-state index contributed by atoms with van der Waals surface area (Å²) in [7, 11) is 2.10. The molecule has 6 heteroatoms. The first-order valence-electron chi connectivity index (χ1n) is 16.6. The Balaban J connectivity index is 1.66. The summed E-state index contributed by atoms with van der Waals surface area (Å²) in [5, 5.41) is 18.6. The minimum absolute atomic E-state index is 0.0216. The minimum Gasteiger partial charge on any atom is -0.367 e. The van der Waals surface area contributed by atoms with E-state index in [1.807, 2.05) is 24.4 Å². The monoisotopic (exact) mass is 628 g/mol. The van der Waals surface area contributed by atoms with Crippen LogP contribution in [0.15, 0.2) is 127 Å². The largest absolute Gasteiger partial charge is 0.367 e. The standard InChI is InChI=1S/C41H52N6/c1-30(2)28-45(9)47(35(7)44-27-37-15-11-10-12-16-37)34(6)33(5)46(29-39-18-13-17-38-19-14-24-43-40(38)39)32(4)31(3)25-41(8)22-20-36(26-42)21-23-41/h10-22,24,31,33-34,44H,1,4,7,23,25,27-29H2,2-3,5-6,8-9H3/t31-,33-,34?,41?/m0/s1. The fourth-order valence-corrected chi connectivity index (χ4v) is 6.67. The molecule has 2 unspecified atom stereocenters. The summed E-state index contributed by atoms with van der Waals surface area (Å²) in [6, 6.07) is 23.3. The molecule has 3 aromatic rings. The van der Waals surface area contributed by atoms with Crippen LogP contribution in [-0.4, -0.2) is 45.6 Å². The van der Waals surface area contributed by atoms with Crippen molar-refractivity contribution in [1.82, 2.24) is 25.2 Å². The number of nitrogens with one attached hydrogen (secondary N) is 1. The van der Waals surface area contributed by atoms with Crippen LogP contribution in [0, 0.1) is 22.7 Å². The van der Waals surface area contributed by atoms with Gasteiger partial charge in [-0.15, -0.1) is 0 Å². The minimum atomic E-state index is -0.0480. The Kier molecular flexibility index (Phi) is 11.9. The molecule has 2 aromatic carbocycles. The van der Waals surface area contributed by atoms with Crippen molar-refractivity contribution < 1.29 is 0 Å². The third kappa shape index (κ3) is 9.02. The molecule has 0 saturated heterocycles. The highest BCUT2D eigenvalue weighted by molar-refractivity contribution is 5.81. The fraction of sp³-hybridized carbons (Fsp3) is 0.366. The van der Waals surface area contributed by atoms with Gasteiger partial charge >= 0.3 is 0 Å². The molecule has 0 fully saturated rings. The second-order valence-electron chi connectivity index (χ2n) is 13.6. The van der Waals surface area contributed by atoms with E-state index < -0.39 is 0 Å². The first-order chi connectivity index (χ1) is 22.4. The Bertz CT molecular complexity index is 1660. The maximum Gasteiger partial charge on any atom is 0.109 e. The van der Waals surface area contributed by atoms with Crippen LogP contribution >= 0.6 is 0 Å². The quantitative estimate of drug-likeness (QED) is 0.126. The van der Waals surface area contributed by atoms with E-state index in [0.29, 0.717) is 19.6 Å². The SMILES string of the molecule is C=C(C)CN(C)N(C(=C)NCc1ccccc1)C(C)[C@H](C)N(Cc1cccc2cccnc12)C(=C)[C@@H](C)CC1(C)C=CC(C#N)=CC1. The second-order valence-corrected chi connectivity index (χ2v) is 13.6.